The number of aryl methyl sites for hydroxylation is 1. The fraction of sp³-hybridized carbons (Fsp3) is 0.182. The number of thiazole rings is 1. The second kappa shape index (κ2) is 8.73. The molecule has 2 aromatic carbocycles. The summed E-state index contributed by atoms with van der Waals surface area (Å²) in [4.78, 5) is 16.3. The van der Waals surface area contributed by atoms with Gasteiger partial charge in [0.15, 0.2) is 0 Å². The van der Waals surface area contributed by atoms with Crippen molar-refractivity contribution in [2.24, 2.45) is 0 Å². The van der Waals surface area contributed by atoms with Gasteiger partial charge in [-0.1, -0.05) is 23.7 Å². The van der Waals surface area contributed by atoms with Crippen LogP contribution in [0.1, 0.15) is 21.7 Å². The number of carboxylic acid groups (broad SMARTS) is 1. The minimum atomic E-state index is -4.38. The van der Waals surface area contributed by atoms with Crippen LogP contribution in [-0.4, -0.2) is 16.1 Å². The van der Waals surface area contributed by atoms with Gasteiger partial charge >= 0.3 is 12.1 Å². The van der Waals surface area contributed by atoms with E-state index < -0.39 is 17.7 Å². The Labute approximate surface area is 193 Å². The number of benzene rings is 2. The van der Waals surface area contributed by atoms with Gasteiger partial charge in [0.25, 0.3) is 0 Å². The molecule has 0 fully saturated rings. The Morgan fingerprint density at radius 1 is 1.22 bits per heavy atom. The third-order valence-corrected chi connectivity index (χ3v) is 7.20. The van der Waals surface area contributed by atoms with E-state index in [1.54, 1.807) is 11.4 Å². The van der Waals surface area contributed by atoms with Crippen LogP contribution in [0.15, 0.2) is 41.8 Å². The summed E-state index contributed by atoms with van der Waals surface area (Å²) in [7, 11) is 0. The van der Waals surface area contributed by atoms with E-state index in [0.29, 0.717) is 32.3 Å². The van der Waals surface area contributed by atoms with Gasteiger partial charge < -0.3 is 9.84 Å². The van der Waals surface area contributed by atoms with E-state index >= 15 is 0 Å². The Kier molecular flexibility index (Phi) is 6.15. The van der Waals surface area contributed by atoms with Crippen LogP contribution < -0.4 is 4.74 Å². The summed E-state index contributed by atoms with van der Waals surface area (Å²) in [5.41, 5.74) is 1.29. The number of hydrogen-bond acceptors (Lipinski definition) is 5. The molecular weight excluding hydrogens is 483 g/mol. The highest BCUT2D eigenvalue weighted by atomic mass is 35.5. The zero-order chi connectivity index (χ0) is 23.0. The van der Waals surface area contributed by atoms with Gasteiger partial charge in [0, 0.05) is 15.6 Å². The van der Waals surface area contributed by atoms with Gasteiger partial charge in [0.1, 0.15) is 17.4 Å². The SMILES string of the molecule is Cc1nc(-c2ccc(C(F)(F)F)cc2)sc1COc1cc(Cl)c2c(CC(=O)O)csc2c1. The summed E-state index contributed by atoms with van der Waals surface area (Å²) >= 11 is 9.12. The Morgan fingerprint density at radius 2 is 1.94 bits per heavy atom. The average Bonchev–Trinajstić information content (AvgIpc) is 3.29. The number of thiophene rings is 1. The topological polar surface area (TPSA) is 59.4 Å². The molecule has 0 aliphatic carbocycles. The number of carboxylic acids is 1. The van der Waals surface area contributed by atoms with Crippen molar-refractivity contribution >= 4 is 50.3 Å². The van der Waals surface area contributed by atoms with Crippen molar-refractivity contribution in [2.45, 2.75) is 26.1 Å². The predicted molar refractivity (Wildman–Crippen MR) is 120 cm³/mol. The minimum absolute atomic E-state index is 0.104. The Hall–Kier alpha value is -2.62. The van der Waals surface area contributed by atoms with E-state index in [1.165, 1.54) is 34.8 Å². The number of rotatable bonds is 6. The van der Waals surface area contributed by atoms with Crippen molar-refractivity contribution < 1.29 is 27.8 Å². The Balaban J connectivity index is 1.51. The third-order valence-electron chi connectivity index (χ3n) is 4.74. The second-order valence-corrected chi connectivity index (χ2v) is 9.40. The third kappa shape index (κ3) is 4.74. The molecule has 0 amide bonds. The summed E-state index contributed by atoms with van der Waals surface area (Å²) in [6.07, 6.45) is -4.48. The van der Waals surface area contributed by atoms with E-state index in [2.05, 4.69) is 4.98 Å². The molecule has 0 bridgehead atoms. The van der Waals surface area contributed by atoms with Crippen molar-refractivity contribution in [3.05, 3.63) is 68.5 Å². The molecule has 0 atom stereocenters. The second-order valence-electron chi connectivity index (χ2n) is 7.00. The fourth-order valence-electron chi connectivity index (χ4n) is 3.17. The normalized spacial score (nSPS) is 11.8. The van der Waals surface area contributed by atoms with Crippen LogP contribution in [0.25, 0.3) is 20.7 Å². The summed E-state index contributed by atoms with van der Waals surface area (Å²) in [5, 5.41) is 12.6. The number of aromatic nitrogens is 1. The molecule has 32 heavy (non-hydrogen) atoms. The van der Waals surface area contributed by atoms with Crippen LogP contribution in [-0.2, 0) is 24.0 Å². The molecular formula is C22H15ClF3NO3S2. The minimum Gasteiger partial charge on any atom is -0.488 e. The first-order valence-electron chi connectivity index (χ1n) is 9.30. The van der Waals surface area contributed by atoms with Crippen LogP contribution >= 0.6 is 34.3 Å². The van der Waals surface area contributed by atoms with Crippen LogP contribution in [0, 0.1) is 6.92 Å². The molecule has 0 spiro atoms. The molecule has 166 valence electrons. The molecule has 2 aromatic heterocycles. The summed E-state index contributed by atoms with van der Waals surface area (Å²) < 4.78 is 45.0. The summed E-state index contributed by atoms with van der Waals surface area (Å²) in [6.45, 7) is 2.04. The molecule has 0 aliphatic rings. The van der Waals surface area contributed by atoms with E-state index in [-0.39, 0.29) is 13.0 Å². The quantitative estimate of drug-likeness (QED) is 0.306. The van der Waals surface area contributed by atoms with Crippen LogP contribution in [0.2, 0.25) is 5.02 Å². The number of ether oxygens (including phenoxy) is 1. The first-order chi connectivity index (χ1) is 15.1. The zero-order valence-corrected chi connectivity index (χ0v) is 18.9. The maximum atomic E-state index is 12.8. The van der Waals surface area contributed by atoms with Crippen molar-refractivity contribution in [1.29, 1.82) is 0 Å². The first-order valence-corrected chi connectivity index (χ1v) is 11.4. The smallest absolute Gasteiger partial charge is 0.416 e. The maximum absolute atomic E-state index is 12.8. The van der Waals surface area contributed by atoms with Crippen molar-refractivity contribution in [3.63, 3.8) is 0 Å². The number of aliphatic carboxylic acids is 1. The van der Waals surface area contributed by atoms with Crippen LogP contribution in [0.5, 0.6) is 5.75 Å². The van der Waals surface area contributed by atoms with Crippen molar-refractivity contribution in [2.75, 3.05) is 0 Å². The monoisotopic (exact) mass is 497 g/mol. The molecule has 1 N–H and O–H groups in total. The fourth-order valence-corrected chi connectivity index (χ4v) is 5.55. The average molecular weight is 498 g/mol. The van der Waals surface area contributed by atoms with E-state index in [0.717, 1.165) is 27.4 Å². The molecule has 4 nitrogen and oxygen atoms in total. The standard InChI is InChI=1S/C22H15ClF3NO3S2/c1-11-18(32-21(27-11)12-2-4-14(5-3-12)22(24,25)26)9-30-15-7-16(23)20-13(6-19(28)29)10-31-17(20)8-15/h2-5,7-8,10H,6,9H2,1H3,(H,28,29). The predicted octanol–water partition coefficient (Wildman–Crippen LogP) is 7.21. The first kappa shape index (κ1) is 22.6. The summed E-state index contributed by atoms with van der Waals surface area (Å²) in [6, 6.07) is 8.35. The summed E-state index contributed by atoms with van der Waals surface area (Å²) in [5.74, 6) is -0.388. The highest BCUT2D eigenvalue weighted by Gasteiger charge is 2.30. The number of nitrogens with zero attached hydrogens (tertiary/aromatic N) is 1. The highest BCUT2D eigenvalue weighted by molar-refractivity contribution is 7.17. The van der Waals surface area contributed by atoms with Gasteiger partial charge in [-0.3, -0.25) is 4.79 Å². The Bertz CT molecular complexity index is 1300. The lowest BCUT2D eigenvalue weighted by Gasteiger charge is -2.07. The van der Waals surface area contributed by atoms with Gasteiger partial charge in [-0.25, -0.2) is 4.98 Å². The van der Waals surface area contributed by atoms with Gasteiger partial charge in [0.2, 0.25) is 0 Å². The molecule has 2 heterocycles. The lowest BCUT2D eigenvalue weighted by atomic mass is 10.1. The van der Waals surface area contributed by atoms with Gasteiger partial charge in [-0.2, -0.15) is 13.2 Å². The molecule has 0 saturated carbocycles. The molecule has 0 aliphatic heterocycles. The molecule has 0 saturated heterocycles. The van der Waals surface area contributed by atoms with Crippen molar-refractivity contribution in [3.8, 4) is 16.3 Å². The number of carbonyl (C=O) groups is 1. The van der Waals surface area contributed by atoms with Gasteiger partial charge in [0.05, 0.1) is 27.6 Å². The highest BCUT2D eigenvalue weighted by Crippen LogP contribution is 2.37. The zero-order valence-electron chi connectivity index (χ0n) is 16.5. The number of fused-ring (bicyclic) bond motifs is 1. The van der Waals surface area contributed by atoms with Crippen molar-refractivity contribution in [1.82, 2.24) is 4.98 Å². The molecule has 4 aromatic rings. The lowest BCUT2D eigenvalue weighted by molar-refractivity contribution is -0.138. The molecule has 4 rings (SSSR count). The maximum Gasteiger partial charge on any atom is 0.416 e. The van der Waals surface area contributed by atoms with Gasteiger partial charge in [-0.05, 0) is 42.1 Å². The number of halogens is 4. The van der Waals surface area contributed by atoms with Crippen LogP contribution in [0.4, 0.5) is 13.2 Å². The van der Waals surface area contributed by atoms with E-state index in [9.17, 15) is 18.0 Å². The largest absolute Gasteiger partial charge is 0.488 e. The lowest BCUT2D eigenvalue weighted by Crippen LogP contribution is -2.03. The molecule has 10 heteroatoms. The van der Waals surface area contributed by atoms with E-state index in [4.69, 9.17) is 21.4 Å². The van der Waals surface area contributed by atoms with Crippen LogP contribution in [0.3, 0.4) is 0 Å². The molecule has 0 unspecified atom stereocenters. The van der Waals surface area contributed by atoms with Gasteiger partial charge in [-0.15, -0.1) is 22.7 Å². The number of hydrogen-bond donors (Lipinski definition) is 1. The number of alkyl halides is 3. The Morgan fingerprint density at radius 3 is 2.59 bits per heavy atom. The van der Waals surface area contributed by atoms with E-state index in [1.807, 2.05) is 13.0 Å². The molecule has 0 radical (unpaired) electrons.